The molecule has 0 spiro atoms. The Morgan fingerprint density at radius 1 is 1.14 bits per heavy atom. The van der Waals surface area contributed by atoms with Crippen molar-refractivity contribution in [2.45, 2.75) is 51.8 Å². The van der Waals surface area contributed by atoms with Gasteiger partial charge in [0.05, 0.1) is 23.3 Å². The van der Waals surface area contributed by atoms with Crippen molar-refractivity contribution in [2.75, 3.05) is 44.7 Å². The number of hydrogen-bond donors (Lipinski definition) is 0. The summed E-state index contributed by atoms with van der Waals surface area (Å²) in [5.41, 5.74) is 4.22. The zero-order valence-corrected chi connectivity index (χ0v) is 22.8. The number of hydrogen-bond acceptors (Lipinski definition) is 7. The van der Waals surface area contributed by atoms with Crippen LogP contribution in [0.2, 0.25) is 0 Å². The molecular formula is C28H38N6O3. The fraction of sp³-hybridized carbons (Fsp3) is 0.536. The van der Waals surface area contributed by atoms with Crippen LogP contribution in [0.4, 0.5) is 10.5 Å². The summed E-state index contributed by atoms with van der Waals surface area (Å²) in [5.74, 6) is 1.23. The van der Waals surface area contributed by atoms with E-state index in [-0.39, 0.29) is 12.1 Å². The second kappa shape index (κ2) is 9.85. The topological polar surface area (TPSA) is 76.0 Å². The number of aryl methyl sites for hydroxylation is 1. The Labute approximate surface area is 218 Å². The summed E-state index contributed by atoms with van der Waals surface area (Å²) in [6.45, 7) is 12.3. The number of amides is 1. The number of anilines is 1. The Morgan fingerprint density at radius 2 is 1.95 bits per heavy atom. The molecule has 0 saturated carbocycles. The molecular weight excluding hydrogens is 468 g/mol. The molecule has 0 radical (unpaired) electrons. The van der Waals surface area contributed by atoms with Crippen molar-refractivity contribution in [1.82, 2.24) is 24.6 Å². The number of pyridine rings is 1. The standard InChI is InChI=1S/C28H38N6O3/c1-19-15-34(25-9-10-29-26-24(25)14-30-32(26)6)16-20-7-8-22(13-23(19)20)36-18-21-17-33(12-11-31(21)5)27(35)37-28(2,3)4/h7-10,13-14,19,21H,11-12,15-18H2,1-6H3/t19-,21+/m0/s1. The first-order valence-electron chi connectivity index (χ1n) is 13.0. The highest BCUT2D eigenvalue weighted by molar-refractivity contribution is 5.89. The average Bonchev–Trinajstić information content (AvgIpc) is 3.23. The van der Waals surface area contributed by atoms with Crippen molar-refractivity contribution in [3.05, 3.63) is 47.8 Å². The van der Waals surface area contributed by atoms with Crippen LogP contribution in [0.3, 0.4) is 0 Å². The van der Waals surface area contributed by atoms with Gasteiger partial charge in [-0.15, -0.1) is 0 Å². The van der Waals surface area contributed by atoms with Crippen molar-refractivity contribution in [1.29, 1.82) is 0 Å². The van der Waals surface area contributed by atoms with Crippen molar-refractivity contribution in [3.8, 4) is 5.75 Å². The lowest BCUT2D eigenvalue weighted by Crippen LogP contribution is -2.56. The maximum atomic E-state index is 12.6. The first-order valence-corrected chi connectivity index (χ1v) is 13.0. The second-order valence-electron chi connectivity index (χ2n) is 11.3. The van der Waals surface area contributed by atoms with Crippen LogP contribution in [-0.4, -0.2) is 82.1 Å². The van der Waals surface area contributed by atoms with E-state index < -0.39 is 5.60 Å². The highest BCUT2D eigenvalue weighted by atomic mass is 16.6. The molecule has 2 aliphatic rings. The molecule has 0 N–H and O–H groups in total. The minimum Gasteiger partial charge on any atom is -0.492 e. The first-order chi connectivity index (χ1) is 17.6. The van der Waals surface area contributed by atoms with Crippen molar-refractivity contribution >= 4 is 22.8 Å². The molecule has 1 saturated heterocycles. The van der Waals surface area contributed by atoms with Gasteiger partial charge in [-0.3, -0.25) is 9.58 Å². The number of rotatable bonds is 4. The molecule has 2 aromatic heterocycles. The van der Waals surface area contributed by atoms with Crippen LogP contribution in [-0.2, 0) is 18.3 Å². The maximum absolute atomic E-state index is 12.6. The third-order valence-electron chi connectivity index (χ3n) is 7.33. The van der Waals surface area contributed by atoms with Crippen LogP contribution in [0, 0.1) is 0 Å². The zero-order valence-electron chi connectivity index (χ0n) is 22.8. The minimum absolute atomic E-state index is 0.110. The molecule has 0 bridgehead atoms. The normalized spacial score (nSPS) is 20.7. The lowest BCUT2D eigenvalue weighted by atomic mass is 9.90. The van der Waals surface area contributed by atoms with E-state index in [1.807, 2.05) is 44.9 Å². The van der Waals surface area contributed by atoms with Crippen LogP contribution in [0.15, 0.2) is 36.7 Å². The largest absolute Gasteiger partial charge is 0.492 e. The number of carbonyl (C=O) groups excluding carboxylic acids is 1. The van der Waals surface area contributed by atoms with Gasteiger partial charge in [0.1, 0.15) is 18.0 Å². The molecule has 9 heteroatoms. The van der Waals surface area contributed by atoms with E-state index in [1.165, 1.54) is 16.8 Å². The summed E-state index contributed by atoms with van der Waals surface area (Å²) in [4.78, 5) is 23.5. The molecule has 3 aromatic rings. The molecule has 1 fully saturated rings. The predicted molar refractivity (Wildman–Crippen MR) is 144 cm³/mol. The number of ether oxygens (including phenoxy) is 2. The number of piperazine rings is 1. The van der Waals surface area contributed by atoms with E-state index in [4.69, 9.17) is 9.47 Å². The molecule has 37 heavy (non-hydrogen) atoms. The van der Waals surface area contributed by atoms with Gasteiger partial charge in [0, 0.05) is 46.0 Å². The Kier molecular flexibility index (Phi) is 6.74. The van der Waals surface area contributed by atoms with Crippen LogP contribution >= 0.6 is 0 Å². The average molecular weight is 507 g/mol. The van der Waals surface area contributed by atoms with E-state index in [0.29, 0.717) is 25.6 Å². The number of nitrogens with zero attached hydrogens (tertiary/aromatic N) is 6. The fourth-order valence-electron chi connectivity index (χ4n) is 5.27. The summed E-state index contributed by atoms with van der Waals surface area (Å²) < 4.78 is 13.7. The van der Waals surface area contributed by atoms with Gasteiger partial charge in [-0.1, -0.05) is 13.0 Å². The Balaban J connectivity index is 1.25. The quantitative estimate of drug-likeness (QED) is 0.529. The van der Waals surface area contributed by atoms with Gasteiger partial charge in [0.25, 0.3) is 0 Å². The van der Waals surface area contributed by atoms with E-state index in [0.717, 1.165) is 36.4 Å². The summed E-state index contributed by atoms with van der Waals surface area (Å²) in [5, 5.41) is 5.48. The summed E-state index contributed by atoms with van der Waals surface area (Å²) in [6.07, 6.45) is 3.51. The summed E-state index contributed by atoms with van der Waals surface area (Å²) in [7, 11) is 4.01. The van der Waals surface area contributed by atoms with Gasteiger partial charge < -0.3 is 19.3 Å². The molecule has 0 unspecified atom stereocenters. The van der Waals surface area contributed by atoms with Gasteiger partial charge in [-0.05, 0) is 63.1 Å². The van der Waals surface area contributed by atoms with E-state index in [1.54, 1.807) is 4.90 Å². The molecule has 9 nitrogen and oxygen atoms in total. The fourth-order valence-corrected chi connectivity index (χ4v) is 5.27. The molecule has 4 heterocycles. The molecule has 5 rings (SSSR count). The third kappa shape index (κ3) is 5.37. The number of benzene rings is 1. The first kappa shape index (κ1) is 25.3. The molecule has 2 aliphatic heterocycles. The number of fused-ring (bicyclic) bond motifs is 2. The van der Waals surface area contributed by atoms with Gasteiger partial charge in [0.2, 0.25) is 0 Å². The Hall–Kier alpha value is -3.33. The second-order valence-corrected chi connectivity index (χ2v) is 11.3. The van der Waals surface area contributed by atoms with Crippen LogP contribution in [0.25, 0.3) is 11.0 Å². The third-order valence-corrected chi connectivity index (χ3v) is 7.33. The molecule has 0 aliphatic carbocycles. The van der Waals surface area contributed by atoms with Crippen molar-refractivity contribution in [3.63, 3.8) is 0 Å². The van der Waals surface area contributed by atoms with Gasteiger partial charge in [-0.25, -0.2) is 9.78 Å². The SMILES string of the molecule is C[C@H]1CN(c2ccnc3c2cnn3C)Cc2ccc(OC[C@H]3CN(C(=O)OC(C)(C)C)CCN3C)cc21. The van der Waals surface area contributed by atoms with E-state index in [2.05, 4.69) is 58.1 Å². The molecule has 2 atom stereocenters. The Morgan fingerprint density at radius 3 is 2.73 bits per heavy atom. The van der Waals surface area contributed by atoms with Crippen molar-refractivity contribution < 1.29 is 14.3 Å². The van der Waals surface area contributed by atoms with Gasteiger partial charge in [-0.2, -0.15) is 5.10 Å². The monoisotopic (exact) mass is 506 g/mol. The van der Waals surface area contributed by atoms with Crippen LogP contribution in [0.5, 0.6) is 5.75 Å². The van der Waals surface area contributed by atoms with Gasteiger partial charge >= 0.3 is 6.09 Å². The van der Waals surface area contributed by atoms with Crippen molar-refractivity contribution in [2.24, 2.45) is 7.05 Å². The number of likely N-dealkylation sites (N-methyl/N-ethyl adjacent to an activating group) is 1. The van der Waals surface area contributed by atoms with E-state index >= 15 is 0 Å². The Bertz CT molecular complexity index is 1280. The maximum Gasteiger partial charge on any atom is 0.410 e. The van der Waals surface area contributed by atoms with Crippen LogP contribution < -0.4 is 9.64 Å². The smallest absolute Gasteiger partial charge is 0.410 e. The highest BCUT2D eigenvalue weighted by Gasteiger charge is 2.31. The number of carbonyl (C=O) groups is 1. The summed E-state index contributed by atoms with van der Waals surface area (Å²) in [6, 6.07) is 8.64. The van der Waals surface area contributed by atoms with Gasteiger partial charge in [0.15, 0.2) is 5.65 Å². The lowest BCUT2D eigenvalue weighted by molar-refractivity contribution is 0.00252. The minimum atomic E-state index is -0.497. The zero-order chi connectivity index (χ0) is 26.3. The molecule has 1 amide bonds. The predicted octanol–water partition coefficient (Wildman–Crippen LogP) is 4.02. The number of aromatic nitrogens is 3. The summed E-state index contributed by atoms with van der Waals surface area (Å²) >= 11 is 0. The lowest BCUT2D eigenvalue weighted by Gasteiger charge is -2.39. The van der Waals surface area contributed by atoms with Crippen LogP contribution in [0.1, 0.15) is 44.7 Å². The molecule has 1 aromatic carbocycles. The van der Waals surface area contributed by atoms with E-state index in [9.17, 15) is 4.79 Å². The highest BCUT2D eigenvalue weighted by Crippen LogP contribution is 2.36. The molecule has 198 valence electrons.